The molecule has 0 aromatic carbocycles. The maximum Gasteiger partial charge on any atom is 0.410 e. The highest BCUT2D eigenvalue weighted by Gasteiger charge is 2.57. The molecule has 0 spiro atoms. The van der Waals surface area contributed by atoms with Crippen LogP contribution in [0.25, 0.3) is 0 Å². The lowest BCUT2D eigenvalue weighted by Gasteiger charge is -2.27. The molecular formula is C15H26N2O2S. The van der Waals surface area contributed by atoms with Gasteiger partial charge in [-0.05, 0) is 57.0 Å². The molecule has 1 amide bonds. The van der Waals surface area contributed by atoms with E-state index < -0.39 is 0 Å². The van der Waals surface area contributed by atoms with Gasteiger partial charge in [-0.2, -0.15) is 11.8 Å². The summed E-state index contributed by atoms with van der Waals surface area (Å²) in [7, 11) is 0. The molecule has 3 aliphatic rings. The average molecular weight is 298 g/mol. The number of thioether (sulfide) groups is 1. The highest BCUT2D eigenvalue weighted by atomic mass is 32.2. The minimum absolute atomic E-state index is 0.141. The van der Waals surface area contributed by atoms with E-state index >= 15 is 0 Å². The molecule has 4 nitrogen and oxygen atoms in total. The van der Waals surface area contributed by atoms with E-state index in [2.05, 4.69) is 17.1 Å². The van der Waals surface area contributed by atoms with Crippen LogP contribution in [-0.4, -0.2) is 53.3 Å². The monoisotopic (exact) mass is 298 g/mol. The number of ether oxygens (including phenoxy) is 1. The quantitative estimate of drug-likeness (QED) is 0.849. The zero-order valence-corrected chi connectivity index (χ0v) is 13.5. The molecule has 20 heavy (non-hydrogen) atoms. The van der Waals surface area contributed by atoms with Crippen LogP contribution >= 0.6 is 11.8 Å². The first kappa shape index (κ1) is 14.5. The van der Waals surface area contributed by atoms with Gasteiger partial charge in [0.15, 0.2) is 0 Å². The number of amides is 1. The van der Waals surface area contributed by atoms with Gasteiger partial charge in [-0.15, -0.1) is 0 Å². The second-order valence-electron chi connectivity index (χ2n) is 7.29. The van der Waals surface area contributed by atoms with Crippen molar-refractivity contribution in [1.29, 1.82) is 0 Å². The van der Waals surface area contributed by atoms with E-state index in [-0.39, 0.29) is 11.7 Å². The maximum absolute atomic E-state index is 12.0. The number of piperidine rings is 1. The van der Waals surface area contributed by atoms with Crippen LogP contribution in [0.4, 0.5) is 4.79 Å². The van der Waals surface area contributed by atoms with E-state index in [0.29, 0.717) is 23.9 Å². The molecule has 0 radical (unpaired) electrons. The first-order valence-corrected chi connectivity index (χ1v) is 8.91. The Morgan fingerprint density at radius 3 is 2.35 bits per heavy atom. The van der Waals surface area contributed by atoms with Crippen LogP contribution in [0, 0.1) is 11.8 Å². The van der Waals surface area contributed by atoms with Gasteiger partial charge in [-0.1, -0.05) is 0 Å². The van der Waals surface area contributed by atoms with Crippen molar-refractivity contribution in [2.45, 2.75) is 51.3 Å². The number of hydrogen-bond acceptors (Lipinski definition) is 4. The number of carbonyl (C=O) groups excluding carboxylic acids is 1. The van der Waals surface area contributed by atoms with Gasteiger partial charge in [0.2, 0.25) is 0 Å². The van der Waals surface area contributed by atoms with Crippen LogP contribution in [-0.2, 0) is 4.74 Å². The summed E-state index contributed by atoms with van der Waals surface area (Å²) in [6.07, 6.45) is 2.46. The van der Waals surface area contributed by atoms with Crippen LogP contribution in [0.2, 0.25) is 0 Å². The Morgan fingerprint density at radius 2 is 1.80 bits per heavy atom. The minimum atomic E-state index is -0.388. The molecule has 114 valence electrons. The Morgan fingerprint density at radius 1 is 1.20 bits per heavy atom. The van der Waals surface area contributed by atoms with Crippen LogP contribution in [0.15, 0.2) is 0 Å². The van der Waals surface area contributed by atoms with E-state index in [1.54, 1.807) is 0 Å². The minimum Gasteiger partial charge on any atom is -0.444 e. The van der Waals surface area contributed by atoms with E-state index in [9.17, 15) is 4.79 Å². The summed E-state index contributed by atoms with van der Waals surface area (Å²) in [4.78, 5) is 13.9. The first-order valence-electron chi connectivity index (χ1n) is 7.76. The fourth-order valence-corrected chi connectivity index (χ4v) is 4.49. The van der Waals surface area contributed by atoms with E-state index in [1.165, 1.54) is 24.3 Å². The molecule has 3 fully saturated rings. The summed E-state index contributed by atoms with van der Waals surface area (Å²) in [5.41, 5.74) is -0.388. The van der Waals surface area contributed by atoms with Crippen LogP contribution in [0.1, 0.15) is 33.6 Å². The van der Waals surface area contributed by atoms with Crippen LogP contribution < -0.4 is 5.32 Å². The Balaban J connectivity index is 1.42. The molecule has 2 saturated heterocycles. The fourth-order valence-electron chi connectivity index (χ4n) is 3.39. The molecule has 0 bridgehead atoms. The van der Waals surface area contributed by atoms with E-state index in [0.717, 1.165) is 13.1 Å². The molecule has 1 aliphatic carbocycles. The lowest BCUT2D eigenvalue weighted by Crippen LogP contribution is -2.42. The summed E-state index contributed by atoms with van der Waals surface area (Å²) in [5, 5.41) is 3.81. The highest BCUT2D eigenvalue weighted by molar-refractivity contribution is 7.99. The first-order chi connectivity index (χ1) is 9.44. The van der Waals surface area contributed by atoms with Crippen molar-refractivity contribution in [2.24, 2.45) is 11.8 Å². The molecule has 3 rings (SSSR count). The molecule has 1 N–H and O–H groups in total. The molecule has 2 atom stereocenters. The SMILES string of the molecule is CC(C)(C)OC(=O)N1CC2C(C1)C2NC1CCSCC1. The average Bonchev–Trinajstić information content (AvgIpc) is 2.84. The van der Waals surface area contributed by atoms with Crippen molar-refractivity contribution in [3.05, 3.63) is 0 Å². The predicted octanol–water partition coefficient (Wildman–Crippen LogP) is 2.34. The van der Waals surface area contributed by atoms with Crippen LogP contribution in [0.5, 0.6) is 0 Å². The summed E-state index contributed by atoms with van der Waals surface area (Å²) in [6.45, 7) is 7.52. The number of carbonyl (C=O) groups is 1. The highest BCUT2D eigenvalue weighted by Crippen LogP contribution is 2.46. The molecular weight excluding hydrogens is 272 g/mol. The lowest BCUT2D eigenvalue weighted by molar-refractivity contribution is 0.0268. The second kappa shape index (κ2) is 5.41. The van der Waals surface area contributed by atoms with E-state index in [1.807, 2.05) is 25.7 Å². The van der Waals surface area contributed by atoms with Crippen molar-refractivity contribution in [2.75, 3.05) is 24.6 Å². The molecule has 2 unspecified atom stereocenters. The smallest absolute Gasteiger partial charge is 0.410 e. The molecule has 0 aromatic rings. The van der Waals surface area contributed by atoms with Gasteiger partial charge in [-0.3, -0.25) is 0 Å². The van der Waals surface area contributed by atoms with Gasteiger partial charge in [0.25, 0.3) is 0 Å². The third kappa shape index (κ3) is 3.25. The van der Waals surface area contributed by atoms with Crippen molar-refractivity contribution >= 4 is 17.9 Å². The van der Waals surface area contributed by atoms with Crippen molar-refractivity contribution < 1.29 is 9.53 Å². The van der Waals surface area contributed by atoms with Crippen molar-refractivity contribution in [1.82, 2.24) is 10.2 Å². The fraction of sp³-hybridized carbons (Fsp3) is 0.933. The Labute approximate surface area is 126 Å². The second-order valence-corrected chi connectivity index (χ2v) is 8.52. The number of nitrogens with zero attached hydrogens (tertiary/aromatic N) is 1. The van der Waals surface area contributed by atoms with Gasteiger partial charge < -0.3 is 15.0 Å². The van der Waals surface area contributed by atoms with Crippen molar-refractivity contribution in [3.63, 3.8) is 0 Å². The van der Waals surface area contributed by atoms with Crippen LogP contribution in [0.3, 0.4) is 0 Å². The van der Waals surface area contributed by atoms with Gasteiger partial charge in [0, 0.05) is 25.2 Å². The molecule has 2 heterocycles. The standard InChI is InChI=1S/C15H26N2O2S/c1-15(2,3)19-14(18)17-8-11-12(9-17)13(11)16-10-4-6-20-7-5-10/h10-13,16H,4-9H2,1-3H3. The molecule has 0 aromatic heterocycles. The number of fused-ring (bicyclic) bond motifs is 1. The molecule has 5 heteroatoms. The predicted molar refractivity (Wildman–Crippen MR) is 82.1 cm³/mol. The third-order valence-corrected chi connectivity index (χ3v) is 5.54. The number of nitrogens with one attached hydrogen (secondary N) is 1. The number of likely N-dealkylation sites (tertiary alicyclic amines) is 1. The van der Waals surface area contributed by atoms with E-state index in [4.69, 9.17) is 4.74 Å². The summed E-state index contributed by atoms with van der Waals surface area (Å²) >= 11 is 2.07. The molecule has 2 aliphatic heterocycles. The summed E-state index contributed by atoms with van der Waals surface area (Å²) < 4.78 is 5.44. The Hall–Kier alpha value is -0.420. The van der Waals surface area contributed by atoms with Gasteiger partial charge in [-0.25, -0.2) is 4.79 Å². The summed E-state index contributed by atoms with van der Waals surface area (Å²) in [6, 6.07) is 1.36. The molecule has 1 saturated carbocycles. The topological polar surface area (TPSA) is 41.6 Å². The van der Waals surface area contributed by atoms with Gasteiger partial charge >= 0.3 is 6.09 Å². The Bertz CT molecular complexity index is 365. The summed E-state index contributed by atoms with van der Waals surface area (Å²) in [5.74, 6) is 3.92. The van der Waals surface area contributed by atoms with Gasteiger partial charge in [0.1, 0.15) is 5.60 Å². The third-order valence-electron chi connectivity index (χ3n) is 4.50. The number of hydrogen-bond donors (Lipinski definition) is 1. The maximum atomic E-state index is 12.0. The normalized spacial score (nSPS) is 34.0. The van der Waals surface area contributed by atoms with Crippen molar-refractivity contribution in [3.8, 4) is 0 Å². The zero-order chi connectivity index (χ0) is 14.3. The van der Waals surface area contributed by atoms with Gasteiger partial charge in [0.05, 0.1) is 0 Å². The number of rotatable bonds is 2. The Kier molecular flexibility index (Phi) is 3.93. The largest absolute Gasteiger partial charge is 0.444 e. The lowest BCUT2D eigenvalue weighted by atomic mass is 10.1. The zero-order valence-electron chi connectivity index (χ0n) is 12.7.